The van der Waals surface area contributed by atoms with Crippen LogP contribution in [0.25, 0.3) is 0 Å². The Morgan fingerprint density at radius 1 is 1.50 bits per heavy atom. The van der Waals surface area contributed by atoms with E-state index in [1.165, 1.54) is 0 Å². The fourth-order valence-electron chi connectivity index (χ4n) is 0.0945. The minimum absolute atomic E-state index is 0. The topological polar surface area (TPSA) is 88.7 Å². The molecule has 0 aliphatic rings. The average Bonchev–Trinajstić information content (AvgIpc) is 1.30. The van der Waals surface area contributed by atoms with Crippen LogP contribution in [0.2, 0.25) is 0 Å². The Morgan fingerprint density at radius 2 is 1.88 bits per heavy atom. The van der Waals surface area contributed by atoms with Gasteiger partial charge in [-0.2, -0.15) is 0 Å². The molecule has 0 fully saturated rings. The Balaban J connectivity index is 0. The average molecular weight is 162 g/mol. The molecule has 0 unspecified atom stereocenters. The maximum atomic E-state index is 9.59. The quantitative estimate of drug-likeness (QED) is 0.382. The first-order valence-corrected chi connectivity index (χ1v) is 3.67. The molecule has 52 valence electrons. The van der Waals surface area contributed by atoms with Crippen molar-refractivity contribution in [3.05, 3.63) is 0 Å². The molecule has 0 aromatic rings. The number of alkyl halides is 1. The van der Waals surface area contributed by atoms with E-state index in [0.29, 0.717) is 0 Å². The van der Waals surface area contributed by atoms with Crippen molar-refractivity contribution < 1.29 is 18.4 Å². The maximum absolute atomic E-state index is 9.59. The summed E-state index contributed by atoms with van der Waals surface area (Å²) >= 11 is 4.91. The number of hydrogen-bond acceptors (Lipinski definition) is 3. The van der Waals surface area contributed by atoms with E-state index in [1.54, 1.807) is 0 Å². The highest BCUT2D eigenvalue weighted by atomic mass is 35.5. The van der Waals surface area contributed by atoms with Crippen molar-refractivity contribution >= 4 is 21.7 Å². The van der Waals surface area contributed by atoms with Gasteiger partial charge in [-0.3, -0.25) is 0 Å². The zero-order chi connectivity index (χ0) is 5.91. The summed E-state index contributed by atoms with van der Waals surface area (Å²) in [5.74, 6) is -0.597. The van der Waals surface area contributed by atoms with Gasteiger partial charge in [0.25, 0.3) is 0 Å². The second-order valence-corrected chi connectivity index (χ2v) is 2.85. The highest BCUT2D eigenvalue weighted by molar-refractivity contribution is 7.85. The highest BCUT2D eigenvalue weighted by Gasteiger charge is 1.88. The van der Waals surface area contributed by atoms with Gasteiger partial charge in [0.05, 0.1) is 15.9 Å². The minimum atomic E-state index is -4.06. The Labute approximate surface area is 52.5 Å². The van der Waals surface area contributed by atoms with Crippen molar-refractivity contribution in [2.45, 2.75) is 0 Å². The van der Waals surface area contributed by atoms with Crippen LogP contribution in [0.15, 0.2) is 0 Å². The van der Waals surface area contributed by atoms with E-state index in [1.807, 2.05) is 0 Å². The summed E-state index contributed by atoms with van der Waals surface area (Å²) in [5, 5.41) is 0. The van der Waals surface area contributed by atoms with Gasteiger partial charge in [0.15, 0.2) is 0 Å². The lowest BCUT2D eigenvalue weighted by Crippen LogP contribution is -2.04. The van der Waals surface area contributed by atoms with Gasteiger partial charge in [-0.1, -0.05) is 0 Å². The summed E-state index contributed by atoms with van der Waals surface area (Å²) in [6, 6.07) is 0. The van der Waals surface area contributed by atoms with Gasteiger partial charge < -0.3 is 10.0 Å². The van der Waals surface area contributed by atoms with Gasteiger partial charge in [-0.15, -0.1) is 11.6 Å². The van der Waals surface area contributed by atoms with Gasteiger partial charge in [-0.25, -0.2) is 8.42 Å². The molecular weight excluding hydrogens is 156 g/mol. The van der Waals surface area contributed by atoms with Crippen LogP contribution in [0.3, 0.4) is 0 Å². The van der Waals surface area contributed by atoms with E-state index in [0.717, 1.165) is 0 Å². The van der Waals surface area contributed by atoms with Crippen LogP contribution in [-0.4, -0.2) is 30.1 Å². The molecule has 0 saturated carbocycles. The third-order valence-corrected chi connectivity index (χ3v) is 1.44. The molecule has 0 bridgehead atoms. The molecule has 0 aromatic carbocycles. The van der Waals surface area contributed by atoms with E-state index in [2.05, 4.69) is 0 Å². The summed E-state index contributed by atoms with van der Waals surface area (Å²) in [6.45, 7) is 0. The summed E-state index contributed by atoms with van der Waals surface area (Å²) in [7, 11) is -4.06. The molecule has 0 radical (unpaired) electrons. The Kier molecular flexibility index (Phi) is 5.62. The van der Waals surface area contributed by atoms with Gasteiger partial charge in [0.1, 0.15) is 0 Å². The third kappa shape index (κ3) is 9.48. The van der Waals surface area contributed by atoms with E-state index < -0.39 is 15.9 Å². The molecule has 0 spiro atoms. The first kappa shape index (κ1) is 11.0. The van der Waals surface area contributed by atoms with Crippen LogP contribution in [0.5, 0.6) is 0 Å². The van der Waals surface area contributed by atoms with E-state index >= 15 is 0 Å². The normalized spacial score (nSPS) is 10.2. The number of rotatable bonds is 2. The zero-order valence-electron chi connectivity index (χ0n) is 3.93. The lowest BCUT2D eigenvalue weighted by molar-refractivity contribution is 0.465. The molecule has 0 aliphatic carbocycles. The Hall–Kier alpha value is 0.160. The second-order valence-electron chi connectivity index (χ2n) is 0.951. The van der Waals surface area contributed by atoms with E-state index in [-0.39, 0.29) is 11.4 Å². The molecule has 0 amide bonds. The fraction of sp³-hybridized carbons (Fsp3) is 1.00. The molecule has 0 saturated heterocycles. The summed E-state index contributed by atoms with van der Waals surface area (Å²) in [6.07, 6.45) is 0. The lowest BCUT2D eigenvalue weighted by atomic mass is 11.0. The van der Waals surface area contributed by atoms with Crippen LogP contribution in [0.4, 0.5) is 0 Å². The van der Waals surface area contributed by atoms with Crippen LogP contribution in [-0.2, 0) is 10.1 Å². The van der Waals surface area contributed by atoms with Crippen LogP contribution in [0.1, 0.15) is 0 Å². The zero-order valence-corrected chi connectivity index (χ0v) is 5.50. The van der Waals surface area contributed by atoms with Crippen LogP contribution < -0.4 is 0 Å². The standard InChI is InChI=1S/C2H5ClO3S.H2O/c3-1-2-7(4,5)6;/h1-2H2,(H,4,5,6);1H2/p-1. The fourth-order valence-corrected chi connectivity index (χ4v) is 0.850. The molecule has 4 nitrogen and oxygen atoms in total. The van der Waals surface area contributed by atoms with Gasteiger partial charge in [0.2, 0.25) is 0 Å². The highest BCUT2D eigenvalue weighted by Crippen LogP contribution is 1.82. The second kappa shape index (κ2) is 4.08. The molecule has 0 atom stereocenters. The van der Waals surface area contributed by atoms with Crippen LogP contribution in [0, 0.1) is 0 Å². The lowest BCUT2D eigenvalue weighted by Gasteiger charge is -2.00. The predicted octanol–water partition coefficient (Wildman–Crippen LogP) is -1.05. The molecule has 0 aromatic heterocycles. The van der Waals surface area contributed by atoms with Crippen molar-refractivity contribution in [3.63, 3.8) is 0 Å². The third-order valence-electron chi connectivity index (χ3n) is 0.327. The number of hydrogen-bond donors (Lipinski definition) is 0. The summed E-state index contributed by atoms with van der Waals surface area (Å²) in [4.78, 5) is 0. The van der Waals surface area contributed by atoms with E-state index in [4.69, 9.17) is 11.6 Å². The SMILES string of the molecule is O.O=S(=O)([O-])CCCl. The first-order chi connectivity index (χ1) is 3.06. The molecule has 0 aliphatic heterocycles. The molecule has 6 heteroatoms. The van der Waals surface area contributed by atoms with Gasteiger partial charge in [0, 0.05) is 5.88 Å². The van der Waals surface area contributed by atoms with Gasteiger partial charge >= 0.3 is 0 Å². The Morgan fingerprint density at radius 3 is 1.88 bits per heavy atom. The summed E-state index contributed by atoms with van der Waals surface area (Å²) < 4.78 is 28.8. The maximum Gasteiger partial charge on any atom is 0.0957 e. The molecule has 0 heterocycles. The molecule has 0 rings (SSSR count). The predicted molar refractivity (Wildman–Crippen MR) is 28.9 cm³/mol. The molecular formula is C2H6ClO4S-. The molecule has 2 N–H and O–H groups in total. The smallest absolute Gasteiger partial charge is 0.0957 e. The monoisotopic (exact) mass is 161 g/mol. The largest absolute Gasteiger partial charge is 0.748 e. The van der Waals surface area contributed by atoms with Crippen molar-refractivity contribution in [3.8, 4) is 0 Å². The van der Waals surface area contributed by atoms with Crippen molar-refractivity contribution in [1.82, 2.24) is 0 Å². The summed E-state index contributed by atoms with van der Waals surface area (Å²) in [5.41, 5.74) is 0. The van der Waals surface area contributed by atoms with Gasteiger partial charge in [-0.05, 0) is 0 Å². The van der Waals surface area contributed by atoms with Crippen molar-refractivity contribution in [2.75, 3.05) is 11.6 Å². The van der Waals surface area contributed by atoms with E-state index in [9.17, 15) is 13.0 Å². The minimum Gasteiger partial charge on any atom is -0.748 e. The Bertz CT molecular complexity index is 127. The van der Waals surface area contributed by atoms with Crippen molar-refractivity contribution in [2.24, 2.45) is 0 Å². The molecule has 8 heavy (non-hydrogen) atoms. The van der Waals surface area contributed by atoms with Crippen LogP contribution >= 0.6 is 11.6 Å². The number of halogens is 1. The van der Waals surface area contributed by atoms with Crippen molar-refractivity contribution in [1.29, 1.82) is 0 Å². The first-order valence-electron chi connectivity index (χ1n) is 1.56.